The lowest BCUT2D eigenvalue weighted by molar-refractivity contribution is 0.0219. The van der Waals surface area contributed by atoms with Crippen molar-refractivity contribution in [1.29, 1.82) is 0 Å². The minimum Gasteiger partial charge on any atom is -0.444 e. The summed E-state index contributed by atoms with van der Waals surface area (Å²) < 4.78 is 5.38. The van der Waals surface area contributed by atoms with Crippen LogP contribution in [0.3, 0.4) is 0 Å². The Balaban J connectivity index is 2.57. The molecule has 0 aromatic rings. The summed E-state index contributed by atoms with van der Waals surface area (Å²) in [5.74, 6) is 0. The van der Waals surface area contributed by atoms with Gasteiger partial charge < -0.3 is 14.5 Å². The van der Waals surface area contributed by atoms with Crippen LogP contribution in [-0.4, -0.2) is 35.2 Å². The van der Waals surface area contributed by atoms with Crippen molar-refractivity contribution in [3.05, 3.63) is 11.4 Å². The van der Waals surface area contributed by atoms with Crippen LogP contribution in [0, 0.1) is 6.57 Å². The number of hydrogen-bond acceptors (Lipinski definition) is 2. The molecule has 1 fully saturated rings. The SMILES string of the molecule is [C-]#[N+]C(C)CC1CCCN1C(=O)OC(C)(C)C. The molecule has 0 aromatic heterocycles. The number of carbonyl (C=O) groups excluding carboxylic acids is 1. The molecule has 1 saturated heterocycles. The number of carbonyl (C=O) groups is 1. The Morgan fingerprint density at radius 2 is 2.24 bits per heavy atom. The molecule has 96 valence electrons. The summed E-state index contributed by atoms with van der Waals surface area (Å²) in [5.41, 5.74) is -0.449. The number of amides is 1. The maximum atomic E-state index is 12.0. The van der Waals surface area contributed by atoms with Crippen molar-refractivity contribution in [2.45, 2.75) is 64.6 Å². The van der Waals surface area contributed by atoms with Crippen LogP contribution in [0.25, 0.3) is 4.85 Å². The molecule has 1 aliphatic heterocycles. The zero-order chi connectivity index (χ0) is 13.1. The van der Waals surface area contributed by atoms with E-state index < -0.39 is 5.60 Å². The molecule has 0 saturated carbocycles. The van der Waals surface area contributed by atoms with Crippen LogP contribution in [0.2, 0.25) is 0 Å². The van der Waals surface area contributed by atoms with Gasteiger partial charge in [-0.1, -0.05) is 0 Å². The standard InChI is InChI=1S/C13H22N2O2/c1-10(14-5)9-11-7-6-8-15(11)12(16)17-13(2,3)4/h10-11H,6-9H2,1-4H3. The third kappa shape index (κ3) is 4.26. The quantitative estimate of drug-likeness (QED) is 0.693. The highest BCUT2D eigenvalue weighted by atomic mass is 16.6. The summed E-state index contributed by atoms with van der Waals surface area (Å²) in [6, 6.07) is 0.150. The maximum Gasteiger partial charge on any atom is 0.410 e. The van der Waals surface area contributed by atoms with Crippen molar-refractivity contribution in [3.63, 3.8) is 0 Å². The minimum absolute atomic E-state index is 0.0250. The lowest BCUT2D eigenvalue weighted by Crippen LogP contribution is -2.40. The first-order valence-corrected chi connectivity index (χ1v) is 6.19. The predicted molar refractivity (Wildman–Crippen MR) is 66.6 cm³/mol. The van der Waals surface area contributed by atoms with E-state index in [1.165, 1.54) is 0 Å². The molecule has 2 atom stereocenters. The fraction of sp³-hybridized carbons (Fsp3) is 0.846. The van der Waals surface area contributed by atoms with Gasteiger partial charge in [0.15, 0.2) is 0 Å². The third-order valence-corrected chi connectivity index (χ3v) is 2.84. The van der Waals surface area contributed by atoms with E-state index >= 15 is 0 Å². The smallest absolute Gasteiger partial charge is 0.410 e. The van der Waals surface area contributed by atoms with Crippen LogP contribution < -0.4 is 0 Å². The molecule has 0 radical (unpaired) electrons. The molecule has 0 aromatic carbocycles. The van der Waals surface area contributed by atoms with Gasteiger partial charge in [-0.15, -0.1) is 0 Å². The van der Waals surface area contributed by atoms with Gasteiger partial charge in [0.05, 0.1) is 0 Å². The number of ether oxygens (including phenoxy) is 1. The Morgan fingerprint density at radius 1 is 1.59 bits per heavy atom. The normalized spacial score (nSPS) is 22.1. The molecular formula is C13H22N2O2. The van der Waals surface area contributed by atoms with E-state index in [1.807, 2.05) is 27.7 Å². The van der Waals surface area contributed by atoms with Crippen molar-refractivity contribution in [3.8, 4) is 0 Å². The van der Waals surface area contributed by atoms with Gasteiger partial charge in [0.2, 0.25) is 6.04 Å². The second-order valence-corrected chi connectivity index (χ2v) is 5.68. The molecule has 1 amide bonds. The zero-order valence-electron chi connectivity index (χ0n) is 11.2. The highest BCUT2D eigenvalue weighted by Gasteiger charge is 2.33. The topological polar surface area (TPSA) is 33.9 Å². The van der Waals surface area contributed by atoms with Crippen LogP contribution in [0.15, 0.2) is 0 Å². The third-order valence-electron chi connectivity index (χ3n) is 2.84. The average molecular weight is 238 g/mol. The molecule has 2 unspecified atom stereocenters. The van der Waals surface area contributed by atoms with Crippen molar-refractivity contribution >= 4 is 6.09 Å². The molecule has 0 N–H and O–H groups in total. The van der Waals surface area contributed by atoms with Crippen LogP contribution in [0.1, 0.15) is 47.0 Å². The van der Waals surface area contributed by atoms with Gasteiger partial charge in [0.25, 0.3) is 0 Å². The van der Waals surface area contributed by atoms with Gasteiger partial charge in [-0.3, -0.25) is 0 Å². The fourth-order valence-corrected chi connectivity index (χ4v) is 2.09. The Labute approximate surface area is 104 Å². The summed E-state index contributed by atoms with van der Waals surface area (Å²) in [7, 11) is 0. The molecule has 1 heterocycles. The molecule has 0 aliphatic carbocycles. The second-order valence-electron chi connectivity index (χ2n) is 5.68. The molecule has 1 aliphatic rings. The lowest BCUT2D eigenvalue weighted by Gasteiger charge is -2.28. The fourth-order valence-electron chi connectivity index (χ4n) is 2.09. The van der Waals surface area contributed by atoms with Gasteiger partial charge in [-0.05, 0) is 33.6 Å². The lowest BCUT2D eigenvalue weighted by atomic mass is 10.1. The van der Waals surface area contributed by atoms with E-state index in [9.17, 15) is 4.79 Å². The van der Waals surface area contributed by atoms with Crippen molar-refractivity contribution in [1.82, 2.24) is 4.90 Å². The van der Waals surface area contributed by atoms with E-state index in [-0.39, 0.29) is 18.2 Å². The number of nitrogens with zero attached hydrogens (tertiary/aromatic N) is 2. The largest absolute Gasteiger partial charge is 0.444 e. The van der Waals surface area contributed by atoms with Gasteiger partial charge in [-0.2, -0.15) is 0 Å². The van der Waals surface area contributed by atoms with E-state index in [1.54, 1.807) is 4.90 Å². The van der Waals surface area contributed by atoms with Crippen LogP contribution >= 0.6 is 0 Å². The predicted octanol–water partition coefficient (Wildman–Crippen LogP) is 3.08. The minimum atomic E-state index is -0.449. The monoisotopic (exact) mass is 238 g/mol. The van der Waals surface area contributed by atoms with Gasteiger partial charge in [0.1, 0.15) is 5.60 Å². The molecule has 0 spiro atoms. The Hall–Kier alpha value is -1.24. The van der Waals surface area contributed by atoms with Crippen molar-refractivity contribution in [2.75, 3.05) is 6.54 Å². The maximum absolute atomic E-state index is 12.0. The number of rotatable bonds is 2. The molecule has 17 heavy (non-hydrogen) atoms. The Kier molecular flexibility index (Phi) is 4.39. The second kappa shape index (κ2) is 5.39. The van der Waals surface area contributed by atoms with E-state index in [0.29, 0.717) is 0 Å². The summed E-state index contributed by atoms with van der Waals surface area (Å²) >= 11 is 0. The summed E-state index contributed by atoms with van der Waals surface area (Å²) in [6.07, 6.45) is 2.51. The Bertz CT molecular complexity index is 314. The molecule has 4 nitrogen and oxygen atoms in total. The zero-order valence-corrected chi connectivity index (χ0v) is 11.2. The first kappa shape index (κ1) is 13.8. The van der Waals surface area contributed by atoms with Crippen LogP contribution in [0.5, 0.6) is 0 Å². The van der Waals surface area contributed by atoms with E-state index in [4.69, 9.17) is 11.3 Å². The van der Waals surface area contributed by atoms with Crippen LogP contribution in [-0.2, 0) is 4.74 Å². The molecule has 4 heteroatoms. The first-order valence-electron chi connectivity index (χ1n) is 6.19. The summed E-state index contributed by atoms with van der Waals surface area (Å²) in [5, 5.41) is 0. The Morgan fingerprint density at radius 3 is 2.76 bits per heavy atom. The highest BCUT2D eigenvalue weighted by Crippen LogP contribution is 2.24. The molecule has 1 rings (SSSR count). The van der Waals surface area contributed by atoms with Gasteiger partial charge in [-0.25, -0.2) is 11.4 Å². The summed E-state index contributed by atoms with van der Waals surface area (Å²) in [4.78, 5) is 17.2. The van der Waals surface area contributed by atoms with Gasteiger partial charge in [0, 0.05) is 25.9 Å². The van der Waals surface area contributed by atoms with E-state index in [0.717, 1.165) is 25.8 Å². The average Bonchev–Trinajstić information content (AvgIpc) is 2.63. The molecular weight excluding hydrogens is 216 g/mol. The van der Waals surface area contributed by atoms with Crippen molar-refractivity contribution < 1.29 is 9.53 Å². The van der Waals surface area contributed by atoms with Gasteiger partial charge >= 0.3 is 6.09 Å². The van der Waals surface area contributed by atoms with Crippen molar-refractivity contribution in [2.24, 2.45) is 0 Å². The number of likely N-dealkylation sites (tertiary alicyclic amines) is 1. The van der Waals surface area contributed by atoms with E-state index in [2.05, 4.69) is 4.85 Å². The summed E-state index contributed by atoms with van der Waals surface area (Å²) in [6.45, 7) is 15.3. The number of hydrogen-bond donors (Lipinski definition) is 0. The first-order chi connectivity index (χ1) is 7.83. The van der Waals surface area contributed by atoms with Crippen LogP contribution in [0.4, 0.5) is 4.79 Å². The molecule has 0 bridgehead atoms. The highest BCUT2D eigenvalue weighted by molar-refractivity contribution is 5.68.